The summed E-state index contributed by atoms with van der Waals surface area (Å²) in [5, 5.41) is 0. The molecule has 1 aliphatic rings. The third-order valence-electron chi connectivity index (χ3n) is 4.48. The smallest absolute Gasteiger partial charge is 0.254 e. The molecule has 22 heavy (non-hydrogen) atoms. The van der Waals surface area contributed by atoms with E-state index in [0.717, 1.165) is 31.2 Å². The SMILES string of the molecule is CCN(C(=O)c1cc(S(C)(=O)=O)ccc1C)C1CCCCC1. The zero-order valence-corrected chi connectivity index (χ0v) is 14.4. The molecule has 0 aliphatic heterocycles. The molecule has 1 aliphatic carbocycles. The van der Waals surface area contributed by atoms with Gasteiger partial charge in [-0.1, -0.05) is 25.3 Å². The van der Waals surface area contributed by atoms with Gasteiger partial charge in [-0.15, -0.1) is 0 Å². The molecule has 122 valence electrons. The van der Waals surface area contributed by atoms with Gasteiger partial charge in [-0.25, -0.2) is 8.42 Å². The van der Waals surface area contributed by atoms with E-state index in [9.17, 15) is 13.2 Å². The molecule has 4 nitrogen and oxygen atoms in total. The topological polar surface area (TPSA) is 54.5 Å². The molecule has 5 heteroatoms. The van der Waals surface area contributed by atoms with Crippen molar-refractivity contribution in [1.29, 1.82) is 0 Å². The molecule has 1 aromatic rings. The molecule has 0 atom stereocenters. The first kappa shape index (κ1) is 17.0. The summed E-state index contributed by atoms with van der Waals surface area (Å²) in [6.07, 6.45) is 6.83. The molecule has 2 rings (SSSR count). The number of carbonyl (C=O) groups excluding carboxylic acids is 1. The van der Waals surface area contributed by atoms with Gasteiger partial charge < -0.3 is 4.90 Å². The molecule has 0 radical (unpaired) electrons. The maximum Gasteiger partial charge on any atom is 0.254 e. The highest BCUT2D eigenvalue weighted by molar-refractivity contribution is 7.90. The number of sulfone groups is 1. The highest BCUT2D eigenvalue weighted by atomic mass is 32.2. The second kappa shape index (κ2) is 6.82. The van der Waals surface area contributed by atoms with Crippen molar-refractivity contribution in [2.45, 2.75) is 56.9 Å². The van der Waals surface area contributed by atoms with Crippen LogP contribution in [0, 0.1) is 6.92 Å². The molecule has 0 heterocycles. The zero-order valence-electron chi connectivity index (χ0n) is 13.6. The molecule has 0 unspecified atom stereocenters. The van der Waals surface area contributed by atoms with E-state index in [-0.39, 0.29) is 16.8 Å². The largest absolute Gasteiger partial charge is 0.336 e. The molecule has 1 fully saturated rings. The highest BCUT2D eigenvalue weighted by Crippen LogP contribution is 2.25. The fourth-order valence-electron chi connectivity index (χ4n) is 3.18. The van der Waals surface area contributed by atoms with E-state index in [0.29, 0.717) is 12.1 Å². The van der Waals surface area contributed by atoms with Gasteiger partial charge in [-0.2, -0.15) is 0 Å². The number of hydrogen-bond acceptors (Lipinski definition) is 3. The molecule has 1 aromatic carbocycles. The van der Waals surface area contributed by atoms with Gasteiger partial charge in [-0.3, -0.25) is 4.79 Å². The van der Waals surface area contributed by atoms with E-state index in [4.69, 9.17) is 0 Å². The molecule has 0 bridgehead atoms. The van der Waals surface area contributed by atoms with Crippen LogP contribution in [0.2, 0.25) is 0 Å². The van der Waals surface area contributed by atoms with Crippen LogP contribution in [0.5, 0.6) is 0 Å². The number of hydrogen-bond donors (Lipinski definition) is 0. The Bertz CT molecular complexity index is 646. The summed E-state index contributed by atoms with van der Waals surface area (Å²) in [5.74, 6) is -0.0441. The van der Waals surface area contributed by atoms with Gasteiger partial charge in [-0.05, 0) is 44.4 Å². The van der Waals surface area contributed by atoms with E-state index in [1.165, 1.54) is 18.7 Å². The third kappa shape index (κ3) is 3.69. The first-order chi connectivity index (χ1) is 10.3. The Balaban J connectivity index is 2.34. The fraction of sp³-hybridized carbons (Fsp3) is 0.588. The molecular weight excluding hydrogens is 298 g/mol. The maximum atomic E-state index is 12.9. The van der Waals surface area contributed by atoms with Crippen LogP contribution < -0.4 is 0 Å². The van der Waals surface area contributed by atoms with E-state index in [1.807, 2.05) is 18.7 Å². The van der Waals surface area contributed by atoms with Crippen molar-refractivity contribution in [2.75, 3.05) is 12.8 Å². The molecule has 0 saturated heterocycles. The molecule has 0 spiro atoms. The average Bonchev–Trinajstić information content (AvgIpc) is 2.48. The van der Waals surface area contributed by atoms with Gasteiger partial charge in [0.05, 0.1) is 4.90 Å². The summed E-state index contributed by atoms with van der Waals surface area (Å²) in [4.78, 5) is 15.0. The van der Waals surface area contributed by atoms with Crippen LogP contribution in [0.3, 0.4) is 0 Å². The predicted molar refractivity (Wildman–Crippen MR) is 87.9 cm³/mol. The molecule has 0 N–H and O–H groups in total. The van der Waals surface area contributed by atoms with Gasteiger partial charge in [0, 0.05) is 24.4 Å². The lowest BCUT2D eigenvalue weighted by Gasteiger charge is -2.34. The number of amides is 1. The minimum atomic E-state index is -3.30. The predicted octanol–water partition coefficient (Wildman–Crippen LogP) is 3.19. The van der Waals surface area contributed by atoms with E-state index in [1.54, 1.807) is 12.1 Å². The molecule has 0 aromatic heterocycles. The van der Waals surface area contributed by atoms with Crippen LogP contribution in [-0.2, 0) is 9.84 Å². The van der Waals surface area contributed by atoms with Crippen LogP contribution >= 0.6 is 0 Å². The van der Waals surface area contributed by atoms with Gasteiger partial charge in [0.2, 0.25) is 0 Å². The second-order valence-corrected chi connectivity index (χ2v) is 8.15. The van der Waals surface area contributed by atoms with Gasteiger partial charge >= 0.3 is 0 Å². The maximum absolute atomic E-state index is 12.9. The van der Waals surface area contributed by atoms with Gasteiger partial charge in [0.1, 0.15) is 0 Å². The van der Waals surface area contributed by atoms with Gasteiger partial charge in [0.25, 0.3) is 5.91 Å². The average molecular weight is 323 g/mol. The van der Waals surface area contributed by atoms with Gasteiger partial charge in [0.15, 0.2) is 9.84 Å². The molecule has 1 amide bonds. The lowest BCUT2D eigenvalue weighted by Crippen LogP contribution is -2.41. The van der Waals surface area contributed by atoms with Crippen molar-refractivity contribution in [3.63, 3.8) is 0 Å². The van der Waals surface area contributed by atoms with E-state index >= 15 is 0 Å². The number of aryl methyl sites for hydroxylation is 1. The van der Waals surface area contributed by atoms with Crippen molar-refractivity contribution < 1.29 is 13.2 Å². The van der Waals surface area contributed by atoms with Crippen molar-refractivity contribution in [3.8, 4) is 0 Å². The number of carbonyl (C=O) groups is 1. The van der Waals surface area contributed by atoms with Crippen molar-refractivity contribution in [2.24, 2.45) is 0 Å². The summed E-state index contributed by atoms with van der Waals surface area (Å²) < 4.78 is 23.5. The van der Waals surface area contributed by atoms with Crippen LogP contribution in [0.4, 0.5) is 0 Å². The Hall–Kier alpha value is -1.36. The summed E-state index contributed by atoms with van der Waals surface area (Å²) >= 11 is 0. The van der Waals surface area contributed by atoms with Crippen molar-refractivity contribution >= 4 is 15.7 Å². The standard InChI is InChI=1S/C17H25NO3S/c1-4-18(14-8-6-5-7-9-14)17(19)16-12-15(22(3,20)21)11-10-13(16)2/h10-12,14H,4-9H2,1-3H3. The Morgan fingerprint density at radius 3 is 2.41 bits per heavy atom. The second-order valence-electron chi connectivity index (χ2n) is 6.13. The number of rotatable bonds is 4. The highest BCUT2D eigenvalue weighted by Gasteiger charge is 2.26. The van der Waals surface area contributed by atoms with Crippen molar-refractivity contribution in [1.82, 2.24) is 4.90 Å². The fourth-order valence-corrected chi connectivity index (χ4v) is 3.82. The molecule has 1 saturated carbocycles. The Kier molecular flexibility index (Phi) is 5.27. The van der Waals surface area contributed by atoms with Crippen LogP contribution in [0.1, 0.15) is 54.9 Å². The first-order valence-electron chi connectivity index (χ1n) is 7.96. The van der Waals surface area contributed by atoms with Crippen LogP contribution in [0.25, 0.3) is 0 Å². The zero-order chi connectivity index (χ0) is 16.3. The summed E-state index contributed by atoms with van der Waals surface area (Å²) in [7, 11) is -3.30. The van der Waals surface area contributed by atoms with E-state index in [2.05, 4.69) is 0 Å². The van der Waals surface area contributed by atoms with Crippen LogP contribution in [-0.4, -0.2) is 38.1 Å². The Morgan fingerprint density at radius 1 is 1.23 bits per heavy atom. The quantitative estimate of drug-likeness (QED) is 0.855. The van der Waals surface area contributed by atoms with Crippen molar-refractivity contribution in [3.05, 3.63) is 29.3 Å². The summed E-state index contributed by atoms with van der Waals surface area (Å²) in [6, 6.07) is 5.10. The Morgan fingerprint density at radius 2 is 1.86 bits per heavy atom. The third-order valence-corrected chi connectivity index (χ3v) is 5.59. The lowest BCUT2D eigenvalue weighted by molar-refractivity contribution is 0.0647. The molecular formula is C17H25NO3S. The Labute approximate surface area is 133 Å². The normalized spacial score (nSPS) is 16.5. The summed E-state index contributed by atoms with van der Waals surface area (Å²) in [5.41, 5.74) is 1.34. The monoisotopic (exact) mass is 323 g/mol. The number of benzene rings is 1. The van der Waals surface area contributed by atoms with Crippen LogP contribution in [0.15, 0.2) is 23.1 Å². The lowest BCUT2D eigenvalue weighted by atomic mass is 9.93. The van der Waals surface area contributed by atoms with E-state index < -0.39 is 9.84 Å². The number of nitrogens with zero attached hydrogens (tertiary/aromatic N) is 1. The first-order valence-corrected chi connectivity index (χ1v) is 9.85. The minimum Gasteiger partial charge on any atom is -0.336 e. The minimum absolute atomic E-state index is 0.0441. The summed E-state index contributed by atoms with van der Waals surface area (Å²) in [6.45, 7) is 4.50.